The largest absolute Gasteiger partial charge is 0.478 e. The Labute approximate surface area is 171 Å². The summed E-state index contributed by atoms with van der Waals surface area (Å²) < 4.78 is 7.09. The lowest BCUT2D eigenvalue weighted by Crippen LogP contribution is -2.35. The SMILES string of the molecule is O=C(O)c1ccc2[nH]nc(-c3cn(-c4ccc(CN5CCOCC5)cc4)nn3)c2c1. The van der Waals surface area contributed by atoms with Crippen molar-refractivity contribution >= 4 is 16.9 Å². The quantitative estimate of drug-likeness (QED) is 0.525. The van der Waals surface area contributed by atoms with Gasteiger partial charge in [0.05, 0.1) is 36.2 Å². The number of carboxylic acids is 1. The van der Waals surface area contributed by atoms with Crippen LogP contribution < -0.4 is 0 Å². The van der Waals surface area contributed by atoms with Crippen LogP contribution in [0.3, 0.4) is 0 Å². The van der Waals surface area contributed by atoms with Crippen LogP contribution in [0.2, 0.25) is 0 Å². The Morgan fingerprint density at radius 3 is 2.70 bits per heavy atom. The summed E-state index contributed by atoms with van der Waals surface area (Å²) in [6.07, 6.45) is 1.79. The molecular formula is C21H20N6O3. The molecule has 0 aliphatic carbocycles. The lowest BCUT2D eigenvalue weighted by Gasteiger charge is -2.26. The number of hydrogen-bond acceptors (Lipinski definition) is 6. The fourth-order valence-electron chi connectivity index (χ4n) is 3.61. The highest BCUT2D eigenvalue weighted by molar-refractivity contribution is 5.98. The van der Waals surface area contributed by atoms with Crippen molar-refractivity contribution in [1.82, 2.24) is 30.1 Å². The zero-order chi connectivity index (χ0) is 20.5. The molecule has 2 aromatic carbocycles. The van der Waals surface area contributed by atoms with E-state index < -0.39 is 5.97 Å². The predicted octanol–water partition coefficient (Wildman–Crippen LogP) is 2.34. The van der Waals surface area contributed by atoms with Gasteiger partial charge in [0.15, 0.2) is 0 Å². The van der Waals surface area contributed by atoms with Gasteiger partial charge in [-0.05, 0) is 35.9 Å². The third-order valence-corrected chi connectivity index (χ3v) is 5.26. The van der Waals surface area contributed by atoms with Crippen LogP contribution in [0.1, 0.15) is 15.9 Å². The Morgan fingerprint density at radius 1 is 1.13 bits per heavy atom. The Morgan fingerprint density at radius 2 is 1.93 bits per heavy atom. The van der Waals surface area contributed by atoms with E-state index in [0.29, 0.717) is 16.8 Å². The van der Waals surface area contributed by atoms with E-state index in [0.717, 1.165) is 44.1 Å². The number of fused-ring (bicyclic) bond motifs is 1. The third-order valence-electron chi connectivity index (χ3n) is 5.26. The number of aromatic amines is 1. The number of aromatic nitrogens is 5. The van der Waals surface area contributed by atoms with Crippen LogP contribution in [0.25, 0.3) is 28.0 Å². The first-order valence-electron chi connectivity index (χ1n) is 9.71. The molecule has 2 N–H and O–H groups in total. The maximum absolute atomic E-state index is 11.3. The summed E-state index contributed by atoms with van der Waals surface area (Å²) >= 11 is 0. The van der Waals surface area contributed by atoms with Crippen molar-refractivity contribution in [2.45, 2.75) is 6.54 Å². The second-order valence-electron chi connectivity index (χ2n) is 7.24. The number of H-pyrrole nitrogens is 1. The molecule has 0 amide bonds. The van der Waals surface area contributed by atoms with Crippen LogP contribution in [0.15, 0.2) is 48.7 Å². The molecule has 0 bridgehead atoms. The van der Waals surface area contributed by atoms with Gasteiger partial charge < -0.3 is 9.84 Å². The number of morpholine rings is 1. The fraction of sp³-hybridized carbons (Fsp3) is 0.238. The van der Waals surface area contributed by atoms with Gasteiger partial charge in [-0.15, -0.1) is 5.10 Å². The molecule has 0 spiro atoms. The molecule has 5 rings (SSSR count). The van der Waals surface area contributed by atoms with Crippen molar-refractivity contribution in [1.29, 1.82) is 0 Å². The van der Waals surface area contributed by atoms with Gasteiger partial charge in [0.1, 0.15) is 11.4 Å². The summed E-state index contributed by atoms with van der Waals surface area (Å²) in [5, 5.41) is 25.6. The van der Waals surface area contributed by atoms with Gasteiger partial charge >= 0.3 is 5.97 Å². The molecule has 1 saturated heterocycles. The van der Waals surface area contributed by atoms with Crippen molar-refractivity contribution < 1.29 is 14.6 Å². The van der Waals surface area contributed by atoms with Crippen molar-refractivity contribution in [3.8, 4) is 17.1 Å². The van der Waals surface area contributed by atoms with Crippen molar-refractivity contribution in [2.24, 2.45) is 0 Å². The first-order valence-corrected chi connectivity index (χ1v) is 9.71. The van der Waals surface area contributed by atoms with Crippen molar-refractivity contribution in [2.75, 3.05) is 26.3 Å². The Bertz CT molecular complexity index is 1190. The number of ether oxygens (including phenoxy) is 1. The van der Waals surface area contributed by atoms with Gasteiger partial charge in [-0.1, -0.05) is 17.3 Å². The zero-order valence-electron chi connectivity index (χ0n) is 16.2. The molecule has 9 nitrogen and oxygen atoms in total. The van der Waals surface area contributed by atoms with Gasteiger partial charge in [-0.3, -0.25) is 10.00 Å². The minimum Gasteiger partial charge on any atom is -0.478 e. The summed E-state index contributed by atoms with van der Waals surface area (Å²) in [5.41, 5.74) is 4.22. The highest BCUT2D eigenvalue weighted by atomic mass is 16.5. The molecular weight excluding hydrogens is 384 g/mol. The molecule has 2 aromatic heterocycles. The maximum atomic E-state index is 11.3. The third kappa shape index (κ3) is 3.56. The second kappa shape index (κ2) is 7.69. The molecule has 0 saturated carbocycles. The molecule has 3 heterocycles. The van der Waals surface area contributed by atoms with E-state index in [1.165, 1.54) is 5.56 Å². The van der Waals surface area contributed by atoms with Crippen LogP contribution in [0.4, 0.5) is 0 Å². The average molecular weight is 404 g/mol. The van der Waals surface area contributed by atoms with Gasteiger partial charge in [-0.25, -0.2) is 9.48 Å². The van der Waals surface area contributed by atoms with E-state index in [9.17, 15) is 9.90 Å². The molecule has 152 valence electrons. The predicted molar refractivity (Wildman–Crippen MR) is 110 cm³/mol. The number of carbonyl (C=O) groups is 1. The van der Waals surface area contributed by atoms with E-state index in [2.05, 4.69) is 37.5 Å². The van der Waals surface area contributed by atoms with E-state index in [1.807, 2.05) is 12.1 Å². The highest BCUT2D eigenvalue weighted by Crippen LogP contribution is 2.26. The van der Waals surface area contributed by atoms with Gasteiger partial charge in [0.25, 0.3) is 0 Å². The minimum atomic E-state index is -0.982. The van der Waals surface area contributed by atoms with Gasteiger partial charge in [0.2, 0.25) is 0 Å². The normalized spacial score (nSPS) is 14.9. The molecule has 9 heteroatoms. The maximum Gasteiger partial charge on any atom is 0.335 e. The van der Waals surface area contributed by atoms with Crippen LogP contribution in [0.5, 0.6) is 0 Å². The molecule has 30 heavy (non-hydrogen) atoms. The zero-order valence-corrected chi connectivity index (χ0v) is 16.2. The number of aromatic carboxylic acids is 1. The standard InChI is InChI=1S/C21H20N6O3/c28-21(29)15-3-6-18-17(11-15)20(24-22-18)19-13-27(25-23-19)16-4-1-14(2-5-16)12-26-7-9-30-10-8-26/h1-6,11,13H,7-10,12H2,(H,22,24)(H,28,29). The number of rotatable bonds is 5. The summed E-state index contributed by atoms with van der Waals surface area (Å²) in [6.45, 7) is 4.38. The molecule has 1 aliphatic rings. The summed E-state index contributed by atoms with van der Waals surface area (Å²) in [6, 6.07) is 13.0. The lowest BCUT2D eigenvalue weighted by molar-refractivity contribution is 0.0342. The summed E-state index contributed by atoms with van der Waals surface area (Å²) in [7, 11) is 0. The number of nitrogens with one attached hydrogen (secondary N) is 1. The Hall–Kier alpha value is -3.56. The van der Waals surface area contributed by atoms with E-state index in [1.54, 1.807) is 29.1 Å². The number of carboxylic acid groups (broad SMARTS) is 1. The molecule has 0 radical (unpaired) electrons. The van der Waals surface area contributed by atoms with E-state index in [4.69, 9.17) is 4.74 Å². The molecule has 1 aliphatic heterocycles. The second-order valence-corrected chi connectivity index (χ2v) is 7.24. The van der Waals surface area contributed by atoms with E-state index in [-0.39, 0.29) is 5.56 Å². The van der Waals surface area contributed by atoms with Crippen molar-refractivity contribution in [3.63, 3.8) is 0 Å². The first-order chi connectivity index (χ1) is 14.7. The van der Waals surface area contributed by atoms with Crippen LogP contribution in [-0.2, 0) is 11.3 Å². The highest BCUT2D eigenvalue weighted by Gasteiger charge is 2.15. The minimum absolute atomic E-state index is 0.202. The lowest BCUT2D eigenvalue weighted by atomic mass is 10.1. The summed E-state index contributed by atoms with van der Waals surface area (Å²) in [4.78, 5) is 13.7. The summed E-state index contributed by atoms with van der Waals surface area (Å²) in [5.74, 6) is -0.982. The van der Waals surface area contributed by atoms with Crippen LogP contribution >= 0.6 is 0 Å². The molecule has 4 aromatic rings. The van der Waals surface area contributed by atoms with Crippen LogP contribution in [-0.4, -0.2) is 67.5 Å². The average Bonchev–Trinajstić information content (AvgIpc) is 3.41. The Kier molecular flexibility index (Phi) is 4.74. The van der Waals surface area contributed by atoms with Crippen LogP contribution in [0, 0.1) is 0 Å². The number of nitrogens with zero attached hydrogens (tertiary/aromatic N) is 5. The number of hydrogen-bond donors (Lipinski definition) is 2. The molecule has 0 unspecified atom stereocenters. The number of benzene rings is 2. The molecule has 1 fully saturated rings. The van der Waals surface area contributed by atoms with E-state index >= 15 is 0 Å². The van der Waals surface area contributed by atoms with Crippen molar-refractivity contribution in [3.05, 3.63) is 59.8 Å². The first kappa shape index (κ1) is 18.5. The molecule has 0 atom stereocenters. The van der Waals surface area contributed by atoms with Gasteiger partial charge in [-0.2, -0.15) is 5.10 Å². The smallest absolute Gasteiger partial charge is 0.335 e. The fourth-order valence-corrected chi connectivity index (χ4v) is 3.61. The monoisotopic (exact) mass is 404 g/mol. The Balaban J connectivity index is 1.38. The topological polar surface area (TPSA) is 109 Å². The van der Waals surface area contributed by atoms with Gasteiger partial charge in [0, 0.05) is 25.0 Å².